The number of hydrogen-bond acceptors (Lipinski definition) is 3. The molecule has 0 aliphatic carbocycles. The third-order valence-corrected chi connectivity index (χ3v) is 3.67. The first-order chi connectivity index (χ1) is 11.0. The third kappa shape index (κ3) is 4.57. The van der Waals surface area contributed by atoms with Crippen molar-refractivity contribution in [3.63, 3.8) is 0 Å². The van der Waals surface area contributed by atoms with Crippen molar-refractivity contribution in [2.24, 2.45) is 5.10 Å². The van der Waals surface area contributed by atoms with Crippen LogP contribution in [-0.2, 0) is 0 Å². The number of nitrogens with zero attached hydrogens (tertiary/aromatic N) is 2. The van der Waals surface area contributed by atoms with Gasteiger partial charge in [0.25, 0.3) is 5.91 Å². The van der Waals surface area contributed by atoms with Crippen LogP contribution in [0.3, 0.4) is 0 Å². The highest BCUT2D eigenvalue weighted by Crippen LogP contribution is 2.14. The smallest absolute Gasteiger partial charge is 0.271 e. The maximum Gasteiger partial charge on any atom is 0.271 e. The molecule has 2 aromatic rings. The van der Waals surface area contributed by atoms with Crippen LogP contribution in [0.25, 0.3) is 0 Å². The summed E-state index contributed by atoms with van der Waals surface area (Å²) in [7, 11) is 3.91. The average molecular weight is 330 g/mol. The van der Waals surface area contributed by atoms with Gasteiger partial charge in [-0.1, -0.05) is 30.7 Å². The lowest BCUT2D eigenvalue weighted by atomic mass is 10.1. The first kappa shape index (κ1) is 17.0. The minimum Gasteiger partial charge on any atom is -0.378 e. The Hall–Kier alpha value is -2.33. The first-order valence-electron chi connectivity index (χ1n) is 7.41. The molecule has 1 N–H and O–H groups in total. The molecule has 0 saturated carbocycles. The zero-order chi connectivity index (χ0) is 16.8. The predicted molar refractivity (Wildman–Crippen MR) is 96.5 cm³/mol. The van der Waals surface area contributed by atoms with E-state index >= 15 is 0 Å². The van der Waals surface area contributed by atoms with Gasteiger partial charge < -0.3 is 4.90 Å². The highest BCUT2D eigenvalue weighted by Gasteiger charge is 2.07. The van der Waals surface area contributed by atoms with Gasteiger partial charge in [0.05, 0.1) is 5.71 Å². The van der Waals surface area contributed by atoms with E-state index in [1.165, 1.54) is 0 Å². The molecule has 4 nitrogen and oxygen atoms in total. The van der Waals surface area contributed by atoms with Crippen molar-refractivity contribution < 1.29 is 4.79 Å². The monoisotopic (exact) mass is 329 g/mol. The van der Waals surface area contributed by atoms with E-state index in [4.69, 9.17) is 11.6 Å². The van der Waals surface area contributed by atoms with E-state index in [-0.39, 0.29) is 5.91 Å². The van der Waals surface area contributed by atoms with Gasteiger partial charge in [-0.05, 0) is 48.4 Å². The molecule has 0 unspecified atom stereocenters. The van der Waals surface area contributed by atoms with Crippen molar-refractivity contribution in [2.45, 2.75) is 13.3 Å². The average Bonchev–Trinajstić information content (AvgIpc) is 2.55. The Morgan fingerprint density at radius 1 is 1.13 bits per heavy atom. The number of rotatable bonds is 5. The Labute approximate surface area is 141 Å². The van der Waals surface area contributed by atoms with Crippen LogP contribution < -0.4 is 10.3 Å². The maximum absolute atomic E-state index is 12.2. The fourth-order valence-corrected chi connectivity index (χ4v) is 2.30. The van der Waals surface area contributed by atoms with E-state index < -0.39 is 0 Å². The second-order valence-corrected chi connectivity index (χ2v) is 5.74. The molecule has 0 fully saturated rings. The molecule has 5 heteroatoms. The second kappa shape index (κ2) is 7.79. The van der Waals surface area contributed by atoms with Crippen LogP contribution in [0.15, 0.2) is 53.6 Å². The summed E-state index contributed by atoms with van der Waals surface area (Å²) >= 11 is 6.00. The van der Waals surface area contributed by atoms with Gasteiger partial charge in [0.1, 0.15) is 0 Å². The lowest BCUT2D eigenvalue weighted by molar-refractivity contribution is 0.0955. The molecule has 0 spiro atoms. The molecule has 1 amide bonds. The summed E-state index contributed by atoms with van der Waals surface area (Å²) in [6.07, 6.45) is 0.695. The normalized spacial score (nSPS) is 11.2. The molecule has 0 radical (unpaired) electrons. The molecule has 0 aliphatic rings. The predicted octanol–water partition coefficient (Wildman–Crippen LogP) is 3.95. The van der Waals surface area contributed by atoms with Gasteiger partial charge in [-0.3, -0.25) is 4.79 Å². The summed E-state index contributed by atoms with van der Waals surface area (Å²) in [5, 5.41) is 4.88. The molecule has 0 aromatic heterocycles. The summed E-state index contributed by atoms with van der Waals surface area (Å²) in [4.78, 5) is 14.2. The van der Waals surface area contributed by atoms with Crippen LogP contribution in [0.2, 0.25) is 5.02 Å². The number of hydrazone groups is 1. The number of anilines is 1. The molecule has 23 heavy (non-hydrogen) atoms. The van der Waals surface area contributed by atoms with Crippen molar-refractivity contribution in [1.29, 1.82) is 0 Å². The van der Waals surface area contributed by atoms with E-state index in [9.17, 15) is 4.79 Å². The molecule has 2 aromatic carbocycles. The van der Waals surface area contributed by atoms with Crippen molar-refractivity contribution >= 4 is 28.9 Å². The fraction of sp³-hybridized carbons (Fsp3) is 0.222. The first-order valence-corrected chi connectivity index (χ1v) is 7.79. The van der Waals surface area contributed by atoms with Crippen LogP contribution >= 0.6 is 11.6 Å². The molecular formula is C18H20ClN3O. The molecule has 0 atom stereocenters. The maximum atomic E-state index is 12.2. The van der Waals surface area contributed by atoms with Gasteiger partial charge in [0.15, 0.2) is 0 Å². The fourth-order valence-electron chi connectivity index (χ4n) is 2.11. The molecule has 0 saturated heterocycles. The summed E-state index contributed by atoms with van der Waals surface area (Å²) in [6, 6.07) is 14.8. The molecule has 0 bridgehead atoms. The van der Waals surface area contributed by atoms with E-state index in [2.05, 4.69) is 10.5 Å². The minimum atomic E-state index is -0.233. The topological polar surface area (TPSA) is 44.7 Å². The molecule has 120 valence electrons. The lowest BCUT2D eigenvalue weighted by Gasteiger charge is -2.12. The van der Waals surface area contributed by atoms with Crippen molar-refractivity contribution in [2.75, 3.05) is 19.0 Å². The van der Waals surface area contributed by atoms with Gasteiger partial charge in [-0.15, -0.1) is 0 Å². The zero-order valence-electron chi connectivity index (χ0n) is 13.5. The Kier molecular flexibility index (Phi) is 5.77. The largest absolute Gasteiger partial charge is 0.378 e. The summed E-state index contributed by atoms with van der Waals surface area (Å²) in [5.74, 6) is -0.233. The van der Waals surface area contributed by atoms with E-state index in [1.54, 1.807) is 12.1 Å². The van der Waals surface area contributed by atoms with Crippen molar-refractivity contribution in [3.8, 4) is 0 Å². The number of benzene rings is 2. The SMILES string of the molecule is CCC(=NNC(=O)c1ccc(N(C)C)cc1)c1cccc(Cl)c1. The highest BCUT2D eigenvalue weighted by atomic mass is 35.5. The van der Waals surface area contributed by atoms with E-state index in [0.29, 0.717) is 17.0 Å². The van der Waals surface area contributed by atoms with Crippen molar-refractivity contribution in [1.82, 2.24) is 5.43 Å². The van der Waals surface area contributed by atoms with Crippen LogP contribution in [0.4, 0.5) is 5.69 Å². The van der Waals surface area contributed by atoms with Gasteiger partial charge in [-0.25, -0.2) is 5.43 Å². The van der Waals surface area contributed by atoms with Crippen LogP contribution in [0.5, 0.6) is 0 Å². The standard InChI is InChI=1S/C18H20ClN3O/c1-4-17(14-6-5-7-15(19)12-14)20-21-18(23)13-8-10-16(11-9-13)22(2)3/h5-12H,4H2,1-3H3,(H,21,23). The summed E-state index contributed by atoms with van der Waals surface area (Å²) in [6.45, 7) is 1.98. The zero-order valence-corrected chi connectivity index (χ0v) is 14.3. The van der Waals surface area contributed by atoms with E-state index in [1.807, 2.05) is 62.3 Å². The number of carbonyl (C=O) groups excluding carboxylic acids is 1. The van der Waals surface area contributed by atoms with Gasteiger partial charge in [0, 0.05) is 30.4 Å². The number of nitrogens with one attached hydrogen (secondary N) is 1. The molecule has 0 heterocycles. The molecule has 0 aliphatic heterocycles. The number of carbonyl (C=O) groups is 1. The number of amides is 1. The Bertz CT molecular complexity index is 708. The minimum absolute atomic E-state index is 0.233. The lowest BCUT2D eigenvalue weighted by Crippen LogP contribution is -2.20. The van der Waals surface area contributed by atoms with E-state index in [0.717, 1.165) is 17.0 Å². The number of hydrogen-bond donors (Lipinski definition) is 1. The van der Waals surface area contributed by atoms with Gasteiger partial charge in [-0.2, -0.15) is 5.10 Å². The molecule has 2 rings (SSSR count). The Balaban J connectivity index is 2.12. The number of halogens is 1. The van der Waals surface area contributed by atoms with Crippen LogP contribution in [0.1, 0.15) is 29.3 Å². The Morgan fingerprint density at radius 3 is 2.39 bits per heavy atom. The van der Waals surface area contributed by atoms with Crippen molar-refractivity contribution in [3.05, 3.63) is 64.7 Å². The summed E-state index contributed by atoms with van der Waals surface area (Å²) < 4.78 is 0. The highest BCUT2D eigenvalue weighted by molar-refractivity contribution is 6.31. The Morgan fingerprint density at radius 2 is 1.83 bits per heavy atom. The second-order valence-electron chi connectivity index (χ2n) is 5.30. The van der Waals surface area contributed by atoms with Crippen LogP contribution in [-0.4, -0.2) is 25.7 Å². The third-order valence-electron chi connectivity index (χ3n) is 3.43. The van der Waals surface area contributed by atoms with Gasteiger partial charge >= 0.3 is 0 Å². The quantitative estimate of drug-likeness (QED) is 0.667. The molecular weight excluding hydrogens is 310 g/mol. The van der Waals surface area contributed by atoms with Gasteiger partial charge in [0.2, 0.25) is 0 Å². The van der Waals surface area contributed by atoms with Crippen LogP contribution in [0, 0.1) is 0 Å². The summed E-state index contributed by atoms with van der Waals surface area (Å²) in [5.41, 5.74) is 5.91.